The zero-order valence-electron chi connectivity index (χ0n) is 21.1. The van der Waals surface area contributed by atoms with Crippen LogP contribution in [0.5, 0.6) is 0 Å². The van der Waals surface area contributed by atoms with Gasteiger partial charge in [0.25, 0.3) is 0 Å². The van der Waals surface area contributed by atoms with Crippen LogP contribution in [0, 0.1) is 13.8 Å². The van der Waals surface area contributed by atoms with Crippen LogP contribution in [-0.4, -0.2) is 75.3 Å². The van der Waals surface area contributed by atoms with E-state index in [4.69, 9.17) is 0 Å². The summed E-state index contributed by atoms with van der Waals surface area (Å²) >= 11 is 0. The molecule has 2 heterocycles. The first-order chi connectivity index (χ1) is 16.5. The van der Waals surface area contributed by atoms with E-state index < -0.39 is 10.0 Å². The molecule has 35 heavy (non-hydrogen) atoms. The molecule has 2 aliphatic heterocycles. The maximum Gasteiger partial charge on any atom is 0.243 e. The number of hydrogen-bond acceptors (Lipinski definition) is 5. The normalized spacial score (nSPS) is 18.2. The van der Waals surface area contributed by atoms with Crippen LogP contribution in [-0.2, 0) is 26.0 Å². The zero-order chi connectivity index (χ0) is 25.5. The van der Waals surface area contributed by atoms with Crippen molar-refractivity contribution in [2.75, 3.05) is 49.6 Å². The highest BCUT2D eigenvalue weighted by molar-refractivity contribution is 7.89. The summed E-state index contributed by atoms with van der Waals surface area (Å²) in [4.78, 5) is 30.8. The van der Waals surface area contributed by atoms with Gasteiger partial charge in [0.05, 0.1) is 11.4 Å². The largest absolute Gasteiger partial charge is 0.368 e. The standard InChI is InChI=1S/C26H34N4O4S/c1-18-6-7-19(2)25(14-18)28-10-12-29(13-11-28)26(32)17-27(5)35(33,34)23-8-9-24-22(16-23)15-20(3)30(24)21(4)31/h6-9,14,16,20H,10-13,15,17H2,1-5H3/t20-/m0/s1. The molecule has 9 heteroatoms. The van der Waals surface area contributed by atoms with Gasteiger partial charge in [-0.3, -0.25) is 9.59 Å². The number of carbonyl (C=O) groups excluding carboxylic acids is 2. The van der Waals surface area contributed by atoms with E-state index in [0.29, 0.717) is 32.6 Å². The highest BCUT2D eigenvalue weighted by Gasteiger charge is 2.32. The van der Waals surface area contributed by atoms with E-state index in [9.17, 15) is 18.0 Å². The fourth-order valence-corrected chi connectivity index (χ4v) is 6.23. The third kappa shape index (κ3) is 4.92. The Kier molecular flexibility index (Phi) is 6.92. The number of aryl methyl sites for hydroxylation is 2. The molecule has 2 aromatic rings. The van der Waals surface area contributed by atoms with E-state index in [1.165, 1.54) is 36.9 Å². The van der Waals surface area contributed by atoms with Crippen LogP contribution in [0.25, 0.3) is 0 Å². The van der Waals surface area contributed by atoms with Crippen molar-refractivity contribution in [3.05, 3.63) is 53.1 Å². The van der Waals surface area contributed by atoms with Gasteiger partial charge in [0.2, 0.25) is 21.8 Å². The van der Waals surface area contributed by atoms with Crippen molar-refractivity contribution in [2.45, 2.75) is 45.1 Å². The van der Waals surface area contributed by atoms with E-state index in [0.717, 1.165) is 15.6 Å². The Morgan fingerprint density at radius 1 is 1.00 bits per heavy atom. The smallest absolute Gasteiger partial charge is 0.243 e. The van der Waals surface area contributed by atoms with E-state index >= 15 is 0 Å². The lowest BCUT2D eigenvalue weighted by molar-refractivity contribution is -0.131. The molecule has 0 unspecified atom stereocenters. The number of amides is 2. The minimum Gasteiger partial charge on any atom is -0.368 e. The molecule has 2 aliphatic rings. The number of piperazine rings is 1. The molecule has 0 spiro atoms. The Morgan fingerprint density at radius 2 is 1.69 bits per heavy atom. The number of rotatable bonds is 5. The topological polar surface area (TPSA) is 81.2 Å². The summed E-state index contributed by atoms with van der Waals surface area (Å²) in [5.41, 5.74) is 5.17. The summed E-state index contributed by atoms with van der Waals surface area (Å²) in [6.45, 7) is 9.93. The molecule has 2 amide bonds. The van der Waals surface area contributed by atoms with Gasteiger partial charge < -0.3 is 14.7 Å². The number of likely N-dealkylation sites (N-methyl/N-ethyl adjacent to an activating group) is 1. The van der Waals surface area contributed by atoms with Crippen molar-refractivity contribution in [3.63, 3.8) is 0 Å². The Labute approximate surface area is 208 Å². The molecule has 0 aliphatic carbocycles. The number of nitrogens with zero attached hydrogens (tertiary/aromatic N) is 4. The Balaban J connectivity index is 1.40. The zero-order valence-corrected chi connectivity index (χ0v) is 21.9. The lowest BCUT2D eigenvalue weighted by Gasteiger charge is -2.37. The van der Waals surface area contributed by atoms with E-state index in [1.54, 1.807) is 21.9 Å². The molecule has 0 bridgehead atoms. The molecule has 1 saturated heterocycles. The van der Waals surface area contributed by atoms with Crippen LogP contribution >= 0.6 is 0 Å². The average molecular weight is 499 g/mol. The highest BCUT2D eigenvalue weighted by Crippen LogP contribution is 2.34. The third-order valence-electron chi connectivity index (χ3n) is 7.01. The fourth-order valence-electron chi connectivity index (χ4n) is 5.06. The van der Waals surface area contributed by atoms with E-state index in [1.807, 2.05) is 6.92 Å². The minimum atomic E-state index is -3.84. The molecule has 1 fully saturated rings. The molecule has 0 N–H and O–H groups in total. The van der Waals surface area contributed by atoms with Gasteiger partial charge in [0.1, 0.15) is 0 Å². The van der Waals surface area contributed by atoms with Crippen molar-refractivity contribution in [2.24, 2.45) is 0 Å². The molecular formula is C26H34N4O4S. The number of hydrogen-bond donors (Lipinski definition) is 0. The van der Waals surface area contributed by atoms with Gasteiger partial charge in [-0.1, -0.05) is 12.1 Å². The Hall–Kier alpha value is -2.91. The second-order valence-corrected chi connectivity index (χ2v) is 11.7. The summed E-state index contributed by atoms with van der Waals surface area (Å²) < 4.78 is 27.6. The number of sulfonamides is 1. The lowest BCUT2D eigenvalue weighted by atomic mass is 10.1. The van der Waals surface area contributed by atoms with Gasteiger partial charge in [-0.25, -0.2) is 8.42 Å². The summed E-state index contributed by atoms with van der Waals surface area (Å²) in [6, 6.07) is 11.2. The van der Waals surface area contributed by atoms with Crippen molar-refractivity contribution in [1.82, 2.24) is 9.21 Å². The third-order valence-corrected chi connectivity index (χ3v) is 8.81. The van der Waals surface area contributed by atoms with Gasteiger partial charge in [-0.05, 0) is 68.1 Å². The quantitative estimate of drug-likeness (QED) is 0.633. The summed E-state index contributed by atoms with van der Waals surface area (Å²) in [7, 11) is -2.40. The molecule has 0 radical (unpaired) electrons. The molecule has 0 saturated carbocycles. The number of anilines is 2. The Morgan fingerprint density at radius 3 is 2.34 bits per heavy atom. The predicted molar refractivity (Wildman–Crippen MR) is 137 cm³/mol. The lowest BCUT2D eigenvalue weighted by Crippen LogP contribution is -2.51. The van der Waals surface area contributed by atoms with Gasteiger partial charge in [-0.2, -0.15) is 4.31 Å². The van der Waals surface area contributed by atoms with Gasteiger partial charge in [0.15, 0.2) is 0 Å². The number of carbonyl (C=O) groups is 2. The molecule has 188 valence electrons. The van der Waals surface area contributed by atoms with Gasteiger partial charge in [-0.15, -0.1) is 0 Å². The van der Waals surface area contributed by atoms with Crippen LogP contribution in [0.1, 0.15) is 30.5 Å². The van der Waals surface area contributed by atoms with Crippen LogP contribution in [0.4, 0.5) is 11.4 Å². The second kappa shape index (κ2) is 9.62. The molecule has 2 aromatic carbocycles. The summed E-state index contributed by atoms with van der Waals surface area (Å²) in [5, 5.41) is 0. The van der Waals surface area contributed by atoms with Crippen LogP contribution < -0.4 is 9.80 Å². The molecule has 4 rings (SSSR count). The van der Waals surface area contributed by atoms with E-state index in [2.05, 4.69) is 36.9 Å². The maximum atomic E-state index is 13.2. The van der Waals surface area contributed by atoms with Crippen LogP contribution in [0.2, 0.25) is 0 Å². The van der Waals surface area contributed by atoms with Crippen molar-refractivity contribution < 1.29 is 18.0 Å². The fraction of sp³-hybridized carbons (Fsp3) is 0.462. The first-order valence-corrected chi connectivity index (χ1v) is 13.4. The molecule has 1 atom stereocenters. The SMILES string of the molecule is CC(=O)N1c2ccc(S(=O)(=O)N(C)CC(=O)N3CCN(c4cc(C)ccc4C)CC3)cc2C[C@@H]1C. The summed E-state index contributed by atoms with van der Waals surface area (Å²) in [6.07, 6.45) is 0.603. The number of benzene rings is 2. The molecular weight excluding hydrogens is 464 g/mol. The monoisotopic (exact) mass is 498 g/mol. The first kappa shape index (κ1) is 25.2. The van der Waals surface area contributed by atoms with Crippen molar-refractivity contribution in [1.29, 1.82) is 0 Å². The van der Waals surface area contributed by atoms with Gasteiger partial charge >= 0.3 is 0 Å². The second-order valence-electron chi connectivity index (χ2n) is 9.65. The molecule has 0 aromatic heterocycles. The minimum absolute atomic E-state index is 0.0120. The van der Waals surface area contributed by atoms with E-state index in [-0.39, 0.29) is 29.3 Å². The van der Waals surface area contributed by atoms with Crippen molar-refractivity contribution >= 4 is 33.2 Å². The Bertz CT molecular complexity index is 1250. The average Bonchev–Trinajstić information content (AvgIpc) is 3.15. The van der Waals surface area contributed by atoms with Crippen LogP contribution in [0.3, 0.4) is 0 Å². The molecule has 8 nitrogen and oxygen atoms in total. The summed E-state index contributed by atoms with van der Waals surface area (Å²) in [5.74, 6) is -0.263. The van der Waals surface area contributed by atoms with Gasteiger partial charge in [0, 0.05) is 57.6 Å². The van der Waals surface area contributed by atoms with Crippen LogP contribution in [0.15, 0.2) is 41.3 Å². The first-order valence-electron chi connectivity index (χ1n) is 12.0. The maximum absolute atomic E-state index is 13.2. The highest BCUT2D eigenvalue weighted by atomic mass is 32.2. The van der Waals surface area contributed by atoms with Crippen molar-refractivity contribution in [3.8, 4) is 0 Å². The predicted octanol–water partition coefficient (Wildman–Crippen LogP) is 2.57. The number of fused-ring (bicyclic) bond motifs is 1.